The standard InChI is InChI=1S/C13H18N6O/c1-3-9(12-15-7-8-16-12)17-11-6-5-10(18-19-11)13(20)14-4-2/h5-9H,3-4H2,1-2H3,(H,14,20)(H,15,16)(H,17,19). The molecule has 0 saturated heterocycles. The number of hydrogen-bond acceptors (Lipinski definition) is 5. The number of aromatic nitrogens is 4. The molecule has 0 aliphatic rings. The number of anilines is 1. The van der Waals surface area contributed by atoms with Gasteiger partial charge in [-0.05, 0) is 25.5 Å². The van der Waals surface area contributed by atoms with Crippen molar-refractivity contribution < 1.29 is 4.79 Å². The van der Waals surface area contributed by atoms with E-state index in [9.17, 15) is 4.79 Å². The summed E-state index contributed by atoms with van der Waals surface area (Å²) >= 11 is 0. The van der Waals surface area contributed by atoms with Crippen molar-refractivity contribution in [2.24, 2.45) is 0 Å². The Balaban J connectivity index is 2.04. The molecule has 1 unspecified atom stereocenters. The lowest BCUT2D eigenvalue weighted by Gasteiger charge is -2.14. The molecule has 2 heterocycles. The van der Waals surface area contributed by atoms with E-state index in [-0.39, 0.29) is 11.9 Å². The van der Waals surface area contributed by atoms with Crippen molar-refractivity contribution in [2.45, 2.75) is 26.3 Å². The maximum atomic E-state index is 11.6. The molecule has 1 atom stereocenters. The van der Waals surface area contributed by atoms with Gasteiger partial charge in [0.2, 0.25) is 0 Å². The van der Waals surface area contributed by atoms with Crippen LogP contribution in [0.15, 0.2) is 24.5 Å². The minimum Gasteiger partial charge on any atom is -0.359 e. The van der Waals surface area contributed by atoms with E-state index >= 15 is 0 Å². The van der Waals surface area contributed by atoms with Crippen molar-refractivity contribution >= 4 is 11.7 Å². The van der Waals surface area contributed by atoms with Crippen LogP contribution in [-0.4, -0.2) is 32.6 Å². The van der Waals surface area contributed by atoms with Crippen molar-refractivity contribution in [3.05, 3.63) is 36.0 Å². The molecule has 20 heavy (non-hydrogen) atoms. The quantitative estimate of drug-likeness (QED) is 0.742. The van der Waals surface area contributed by atoms with E-state index in [1.165, 1.54) is 0 Å². The van der Waals surface area contributed by atoms with Gasteiger partial charge in [-0.3, -0.25) is 4.79 Å². The number of imidazole rings is 1. The fourth-order valence-electron chi connectivity index (χ4n) is 1.79. The Bertz CT molecular complexity index is 536. The third kappa shape index (κ3) is 3.31. The first-order valence-corrected chi connectivity index (χ1v) is 6.62. The predicted molar refractivity (Wildman–Crippen MR) is 75.3 cm³/mol. The van der Waals surface area contributed by atoms with Crippen LogP contribution in [0.25, 0.3) is 0 Å². The highest BCUT2D eigenvalue weighted by atomic mass is 16.1. The molecule has 2 aromatic rings. The minimum atomic E-state index is -0.218. The summed E-state index contributed by atoms with van der Waals surface area (Å²) in [5.74, 6) is 1.24. The largest absolute Gasteiger partial charge is 0.359 e. The van der Waals surface area contributed by atoms with E-state index in [4.69, 9.17) is 0 Å². The Hall–Kier alpha value is -2.44. The average molecular weight is 274 g/mol. The summed E-state index contributed by atoms with van der Waals surface area (Å²) in [6, 6.07) is 3.42. The molecule has 0 aliphatic heterocycles. The van der Waals surface area contributed by atoms with Gasteiger partial charge in [-0.25, -0.2) is 4.98 Å². The summed E-state index contributed by atoms with van der Waals surface area (Å²) in [6.07, 6.45) is 4.35. The van der Waals surface area contributed by atoms with Gasteiger partial charge >= 0.3 is 0 Å². The third-order valence-corrected chi connectivity index (χ3v) is 2.81. The second-order valence-corrected chi connectivity index (χ2v) is 4.24. The first-order chi connectivity index (χ1) is 9.74. The van der Waals surface area contributed by atoms with Crippen LogP contribution in [0.2, 0.25) is 0 Å². The first-order valence-electron chi connectivity index (χ1n) is 6.62. The molecule has 7 heteroatoms. The van der Waals surface area contributed by atoms with Crippen LogP contribution in [0.1, 0.15) is 42.6 Å². The van der Waals surface area contributed by atoms with E-state index in [1.807, 2.05) is 6.92 Å². The highest BCUT2D eigenvalue weighted by molar-refractivity contribution is 5.92. The van der Waals surface area contributed by atoms with Crippen LogP contribution in [-0.2, 0) is 0 Å². The van der Waals surface area contributed by atoms with Gasteiger partial charge in [0.1, 0.15) is 11.6 Å². The number of nitrogens with zero attached hydrogens (tertiary/aromatic N) is 3. The second kappa shape index (κ2) is 6.65. The zero-order chi connectivity index (χ0) is 14.4. The van der Waals surface area contributed by atoms with E-state index in [0.29, 0.717) is 18.1 Å². The summed E-state index contributed by atoms with van der Waals surface area (Å²) in [7, 11) is 0. The average Bonchev–Trinajstić information content (AvgIpc) is 2.99. The van der Waals surface area contributed by atoms with Crippen LogP contribution in [0.5, 0.6) is 0 Å². The molecule has 7 nitrogen and oxygen atoms in total. The van der Waals surface area contributed by atoms with Gasteiger partial charge < -0.3 is 15.6 Å². The van der Waals surface area contributed by atoms with Crippen LogP contribution >= 0.6 is 0 Å². The molecule has 0 aliphatic carbocycles. The molecule has 2 rings (SSSR count). The van der Waals surface area contributed by atoms with Crippen LogP contribution in [0.4, 0.5) is 5.82 Å². The van der Waals surface area contributed by atoms with Crippen molar-refractivity contribution in [1.29, 1.82) is 0 Å². The Labute approximate surface area is 117 Å². The van der Waals surface area contributed by atoms with Gasteiger partial charge in [-0.15, -0.1) is 10.2 Å². The van der Waals surface area contributed by atoms with Gasteiger partial charge in [0, 0.05) is 18.9 Å². The molecule has 0 saturated carbocycles. The first kappa shape index (κ1) is 14.0. The molecular weight excluding hydrogens is 256 g/mol. The fourth-order valence-corrected chi connectivity index (χ4v) is 1.79. The minimum absolute atomic E-state index is 0.0367. The lowest BCUT2D eigenvalue weighted by Crippen LogP contribution is -2.24. The highest BCUT2D eigenvalue weighted by Gasteiger charge is 2.13. The normalized spacial score (nSPS) is 11.9. The Morgan fingerprint density at radius 3 is 2.75 bits per heavy atom. The van der Waals surface area contributed by atoms with Crippen LogP contribution in [0, 0.1) is 0 Å². The summed E-state index contributed by atoms with van der Waals surface area (Å²) in [4.78, 5) is 18.9. The zero-order valence-electron chi connectivity index (χ0n) is 11.6. The van der Waals surface area contributed by atoms with E-state index < -0.39 is 0 Å². The number of rotatable bonds is 6. The molecule has 0 bridgehead atoms. The maximum Gasteiger partial charge on any atom is 0.271 e. The molecule has 1 amide bonds. The fraction of sp³-hybridized carbons (Fsp3) is 0.385. The smallest absolute Gasteiger partial charge is 0.271 e. The van der Waals surface area contributed by atoms with Gasteiger partial charge in [0.05, 0.1) is 6.04 Å². The van der Waals surface area contributed by atoms with Gasteiger partial charge in [0.15, 0.2) is 5.69 Å². The zero-order valence-corrected chi connectivity index (χ0v) is 11.6. The number of hydrogen-bond donors (Lipinski definition) is 3. The van der Waals surface area contributed by atoms with E-state index in [0.717, 1.165) is 12.2 Å². The van der Waals surface area contributed by atoms with Gasteiger partial charge in [0.25, 0.3) is 5.91 Å². The van der Waals surface area contributed by atoms with Crippen LogP contribution in [0.3, 0.4) is 0 Å². The van der Waals surface area contributed by atoms with E-state index in [1.54, 1.807) is 24.5 Å². The van der Waals surface area contributed by atoms with Crippen molar-refractivity contribution in [1.82, 2.24) is 25.5 Å². The molecular formula is C13H18N6O. The lowest BCUT2D eigenvalue weighted by molar-refractivity contribution is 0.0950. The predicted octanol–water partition coefficient (Wildman–Crippen LogP) is 1.51. The van der Waals surface area contributed by atoms with Crippen molar-refractivity contribution in [3.63, 3.8) is 0 Å². The molecule has 0 fully saturated rings. The summed E-state index contributed by atoms with van der Waals surface area (Å²) < 4.78 is 0. The van der Waals surface area contributed by atoms with Crippen molar-refractivity contribution in [2.75, 3.05) is 11.9 Å². The monoisotopic (exact) mass is 274 g/mol. The van der Waals surface area contributed by atoms with Gasteiger partial charge in [-0.1, -0.05) is 6.92 Å². The van der Waals surface area contributed by atoms with Gasteiger partial charge in [-0.2, -0.15) is 0 Å². The summed E-state index contributed by atoms with van der Waals surface area (Å²) in [5.41, 5.74) is 0.309. The second-order valence-electron chi connectivity index (χ2n) is 4.24. The molecule has 3 N–H and O–H groups in total. The van der Waals surface area contributed by atoms with Crippen LogP contribution < -0.4 is 10.6 Å². The number of nitrogens with one attached hydrogen (secondary N) is 3. The number of amides is 1. The number of aromatic amines is 1. The molecule has 2 aromatic heterocycles. The lowest BCUT2D eigenvalue weighted by atomic mass is 10.2. The SMILES string of the molecule is CCNC(=O)c1ccc(NC(CC)c2ncc[nH]2)nn1. The number of H-pyrrole nitrogens is 1. The highest BCUT2D eigenvalue weighted by Crippen LogP contribution is 2.17. The Kier molecular flexibility index (Phi) is 4.65. The number of carbonyl (C=O) groups excluding carboxylic acids is 1. The summed E-state index contributed by atoms with van der Waals surface area (Å²) in [6.45, 7) is 4.48. The molecule has 106 valence electrons. The Morgan fingerprint density at radius 1 is 1.35 bits per heavy atom. The Morgan fingerprint density at radius 2 is 2.20 bits per heavy atom. The topological polar surface area (TPSA) is 95.6 Å². The number of carbonyl (C=O) groups is 1. The summed E-state index contributed by atoms with van der Waals surface area (Å²) in [5, 5.41) is 13.8. The molecule has 0 radical (unpaired) electrons. The molecule has 0 aromatic carbocycles. The molecule has 0 spiro atoms. The third-order valence-electron chi connectivity index (χ3n) is 2.81. The van der Waals surface area contributed by atoms with E-state index in [2.05, 4.69) is 37.7 Å². The maximum absolute atomic E-state index is 11.6. The van der Waals surface area contributed by atoms with Crippen molar-refractivity contribution in [3.8, 4) is 0 Å².